The Balaban J connectivity index is 1.57. The van der Waals surface area contributed by atoms with Crippen LogP contribution in [0.3, 0.4) is 0 Å². The van der Waals surface area contributed by atoms with Crippen LogP contribution in [0.1, 0.15) is 30.5 Å². The molecule has 2 aliphatic heterocycles. The first-order chi connectivity index (χ1) is 9.06. The van der Waals surface area contributed by atoms with Gasteiger partial charge in [0.25, 0.3) is 0 Å². The number of likely N-dealkylation sites (tertiary alicyclic amines) is 1. The van der Waals surface area contributed by atoms with Crippen molar-refractivity contribution in [2.45, 2.75) is 44.4 Å². The summed E-state index contributed by atoms with van der Waals surface area (Å²) in [5, 5.41) is 14.0. The van der Waals surface area contributed by atoms with Gasteiger partial charge in [-0.25, -0.2) is 0 Å². The van der Waals surface area contributed by atoms with Gasteiger partial charge in [0.1, 0.15) is 0 Å². The molecule has 1 atom stereocenters. The summed E-state index contributed by atoms with van der Waals surface area (Å²) in [4.78, 5) is 2.46. The van der Waals surface area contributed by atoms with Crippen molar-refractivity contribution in [3.63, 3.8) is 0 Å². The average Bonchev–Trinajstić information content (AvgIpc) is 2.87. The van der Waals surface area contributed by atoms with Gasteiger partial charge in [0.2, 0.25) is 0 Å². The van der Waals surface area contributed by atoms with Crippen molar-refractivity contribution in [1.82, 2.24) is 14.7 Å². The molecule has 19 heavy (non-hydrogen) atoms. The Morgan fingerprint density at radius 3 is 2.74 bits per heavy atom. The summed E-state index contributed by atoms with van der Waals surface area (Å²) in [5.41, 5.74) is 2.39. The van der Waals surface area contributed by atoms with Crippen LogP contribution >= 0.6 is 0 Å². The first kappa shape index (κ1) is 13.1. The van der Waals surface area contributed by atoms with E-state index < -0.39 is 0 Å². The van der Waals surface area contributed by atoms with E-state index in [1.54, 1.807) is 0 Å². The molecule has 106 valence electrons. The Morgan fingerprint density at radius 2 is 2.21 bits per heavy atom. The molecule has 0 aliphatic carbocycles. The summed E-state index contributed by atoms with van der Waals surface area (Å²) in [6.07, 6.45) is 4.72. The van der Waals surface area contributed by atoms with E-state index in [-0.39, 0.29) is 11.7 Å². The first-order valence-electron chi connectivity index (χ1n) is 7.10. The number of ether oxygens (including phenoxy) is 1. The van der Waals surface area contributed by atoms with Crippen molar-refractivity contribution >= 4 is 0 Å². The number of nitrogens with zero attached hydrogens (tertiary/aromatic N) is 3. The van der Waals surface area contributed by atoms with Gasteiger partial charge in [-0.05, 0) is 19.8 Å². The smallest absolute Gasteiger partial charge is 0.0801 e. The molecular formula is C14H23N3O2. The lowest BCUT2D eigenvalue weighted by Crippen LogP contribution is -2.43. The number of aliphatic hydroxyl groups excluding tert-OH is 1. The van der Waals surface area contributed by atoms with Gasteiger partial charge in [-0.15, -0.1) is 0 Å². The molecule has 0 aromatic carbocycles. The van der Waals surface area contributed by atoms with Crippen LogP contribution in [0.5, 0.6) is 0 Å². The Labute approximate surface area is 114 Å². The summed E-state index contributed by atoms with van der Waals surface area (Å²) in [7, 11) is 1.97. The van der Waals surface area contributed by atoms with Crippen molar-refractivity contribution in [1.29, 1.82) is 0 Å². The van der Waals surface area contributed by atoms with Gasteiger partial charge >= 0.3 is 0 Å². The standard InChI is InChI=1S/C14H23N3O2/c1-11-12(8-16(2)15-11)9-17-5-3-14(4-6-17)7-13(18)10-19-14/h8,13,18H,3-7,9-10H2,1-2H3/t13-/m0/s1. The molecule has 3 heterocycles. The summed E-state index contributed by atoms with van der Waals surface area (Å²) in [5.74, 6) is 0. The fourth-order valence-corrected chi connectivity index (χ4v) is 3.33. The van der Waals surface area contributed by atoms with E-state index in [9.17, 15) is 5.11 Å². The second-order valence-corrected chi connectivity index (χ2v) is 6.04. The fourth-order valence-electron chi connectivity index (χ4n) is 3.33. The lowest BCUT2D eigenvalue weighted by atomic mass is 9.88. The van der Waals surface area contributed by atoms with Crippen LogP contribution in [0.4, 0.5) is 0 Å². The molecule has 2 saturated heterocycles. The zero-order chi connectivity index (χ0) is 13.5. The molecule has 1 spiro atoms. The number of aromatic nitrogens is 2. The first-order valence-corrected chi connectivity index (χ1v) is 7.10. The van der Waals surface area contributed by atoms with Gasteiger partial charge in [-0.2, -0.15) is 5.10 Å². The molecule has 3 rings (SSSR count). The van der Waals surface area contributed by atoms with E-state index in [2.05, 4.69) is 23.1 Å². The van der Waals surface area contributed by atoms with Gasteiger partial charge in [-0.1, -0.05) is 0 Å². The zero-order valence-corrected chi connectivity index (χ0v) is 11.8. The Hall–Kier alpha value is -0.910. The molecule has 0 saturated carbocycles. The number of aliphatic hydroxyl groups is 1. The van der Waals surface area contributed by atoms with Gasteiger partial charge in [0.05, 0.1) is 24.0 Å². The second kappa shape index (κ2) is 4.89. The van der Waals surface area contributed by atoms with Crippen LogP contribution in [0.15, 0.2) is 6.20 Å². The number of rotatable bonds is 2. The van der Waals surface area contributed by atoms with E-state index in [0.717, 1.165) is 44.6 Å². The highest BCUT2D eigenvalue weighted by Gasteiger charge is 2.42. The van der Waals surface area contributed by atoms with Crippen molar-refractivity contribution < 1.29 is 9.84 Å². The third-order valence-electron chi connectivity index (χ3n) is 4.47. The van der Waals surface area contributed by atoms with Crippen LogP contribution in [0.2, 0.25) is 0 Å². The molecule has 1 aromatic heterocycles. The molecule has 0 amide bonds. The van der Waals surface area contributed by atoms with Gasteiger partial charge in [-0.3, -0.25) is 9.58 Å². The lowest BCUT2D eigenvalue weighted by molar-refractivity contribution is -0.0456. The minimum absolute atomic E-state index is 0.0418. The average molecular weight is 265 g/mol. The lowest BCUT2D eigenvalue weighted by Gasteiger charge is -2.38. The molecular weight excluding hydrogens is 242 g/mol. The Bertz CT molecular complexity index is 450. The SMILES string of the molecule is Cc1nn(C)cc1CN1CCC2(CC1)C[C@H](O)CO2. The number of hydrogen-bond donors (Lipinski definition) is 1. The predicted octanol–water partition coefficient (Wildman–Crippen LogP) is 0.844. The van der Waals surface area contributed by atoms with E-state index in [1.807, 2.05) is 11.7 Å². The highest BCUT2D eigenvalue weighted by molar-refractivity contribution is 5.15. The van der Waals surface area contributed by atoms with Crippen LogP contribution in [-0.2, 0) is 18.3 Å². The molecule has 2 aliphatic rings. The topological polar surface area (TPSA) is 50.5 Å². The molecule has 5 nitrogen and oxygen atoms in total. The third-order valence-corrected chi connectivity index (χ3v) is 4.47. The second-order valence-electron chi connectivity index (χ2n) is 6.04. The van der Waals surface area contributed by atoms with Crippen LogP contribution < -0.4 is 0 Å². The Morgan fingerprint density at radius 1 is 1.47 bits per heavy atom. The van der Waals surface area contributed by atoms with Crippen molar-refractivity contribution in [2.24, 2.45) is 7.05 Å². The summed E-state index contributed by atoms with van der Waals surface area (Å²) >= 11 is 0. The van der Waals surface area contributed by atoms with Crippen molar-refractivity contribution in [3.8, 4) is 0 Å². The molecule has 2 fully saturated rings. The normalized spacial score (nSPS) is 27.2. The number of hydrogen-bond acceptors (Lipinski definition) is 4. The highest BCUT2D eigenvalue weighted by atomic mass is 16.5. The van der Waals surface area contributed by atoms with E-state index in [1.165, 1.54) is 5.56 Å². The number of aryl methyl sites for hydroxylation is 2. The number of piperidine rings is 1. The molecule has 5 heteroatoms. The maximum absolute atomic E-state index is 9.64. The summed E-state index contributed by atoms with van der Waals surface area (Å²) in [6, 6.07) is 0. The van der Waals surface area contributed by atoms with Gasteiger partial charge < -0.3 is 9.84 Å². The Kier molecular flexibility index (Phi) is 3.37. The molecule has 0 bridgehead atoms. The molecule has 1 N–H and O–H groups in total. The van der Waals surface area contributed by atoms with Crippen molar-refractivity contribution in [3.05, 3.63) is 17.5 Å². The summed E-state index contributed by atoms with van der Waals surface area (Å²) in [6.45, 7) is 5.64. The largest absolute Gasteiger partial charge is 0.391 e. The van der Waals surface area contributed by atoms with Crippen LogP contribution in [0, 0.1) is 6.92 Å². The van der Waals surface area contributed by atoms with E-state index >= 15 is 0 Å². The zero-order valence-electron chi connectivity index (χ0n) is 11.8. The van der Waals surface area contributed by atoms with Crippen LogP contribution in [0.25, 0.3) is 0 Å². The predicted molar refractivity (Wildman–Crippen MR) is 71.8 cm³/mol. The minimum atomic E-state index is -0.257. The molecule has 0 unspecified atom stereocenters. The van der Waals surface area contributed by atoms with E-state index in [4.69, 9.17) is 4.74 Å². The quantitative estimate of drug-likeness (QED) is 0.861. The fraction of sp³-hybridized carbons (Fsp3) is 0.786. The van der Waals surface area contributed by atoms with Crippen molar-refractivity contribution in [2.75, 3.05) is 19.7 Å². The van der Waals surface area contributed by atoms with Crippen LogP contribution in [-0.4, -0.2) is 51.2 Å². The minimum Gasteiger partial charge on any atom is -0.391 e. The molecule has 1 aromatic rings. The third kappa shape index (κ3) is 2.68. The monoisotopic (exact) mass is 265 g/mol. The van der Waals surface area contributed by atoms with E-state index in [0.29, 0.717) is 6.61 Å². The summed E-state index contributed by atoms with van der Waals surface area (Å²) < 4.78 is 7.71. The molecule has 0 radical (unpaired) electrons. The maximum Gasteiger partial charge on any atom is 0.0801 e. The van der Waals surface area contributed by atoms with Gasteiger partial charge in [0, 0.05) is 44.9 Å². The maximum atomic E-state index is 9.64. The van der Waals surface area contributed by atoms with Gasteiger partial charge in [0.15, 0.2) is 0 Å². The highest BCUT2D eigenvalue weighted by Crippen LogP contribution is 2.36.